The molecule has 1 aliphatic rings. The number of rotatable bonds is 4. The second kappa shape index (κ2) is 6.54. The molecule has 0 saturated carbocycles. The van der Waals surface area contributed by atoms with Crippen molar-refractivity contribution >= 4 is 17.2 Å². The van der Waals surface area contributed by atoms with Crippen molar-refractivity contribution in [3.8, 4) is 0 Å². The first-order valence-electron chi connectivity index (χ1n) is 7.48. The third-order valence-electron chi connectivity index (χ3n) is 4.08. The molecule has 22 heavy (non-hydrogen) atoms. The van der Waals surface area contributed by atoms with Crippen molar-refractivity contribution in [2.45, 2.75) is 32.4 Å². The van der Waals surface area contributed by atoms with Gasteiger partial charge in [-0.2, -0.15) is 11.3 Å². The predicted octanol–water partition coefficient (Wildman–Crippen LogP) is 2.54. The molecule has 1 fully saturated rings. The zero-order valence-electron chi connectivity index (χ0n) is 12.9. The molecule has 1 aliphatic heterocycles. The summed E-state index contributed by atoms with van der Waals surface area (Å²) in [6, 6.07) is 2.16. The van der Waals surface area contributed by atoms with Crippen molar-refractivity contribution in [1.29, 1.82) is 0 Å². The number of hydrogen-bond donors (Lipinski definition) is 1. The van der Waals surface area contributed by atoms with Crippen LogP contribution in [-0.2, 0) is 6.54 Å². The maximum absolute atomic E-state index is 12.1. The van der Waals surface area contributed by atoms with Crippen molar-refractivity contribution in [3.63, 3.8) is 0 Å². The van der Waals surface area contributed by atoms with Gasteiger partial charge >= 0.3 is 0 Å². The van der Waals surface area contributed by atoms with E-state index in [2.05, 4.69) is 27.2 Å². The largest absolute Gasteiger partial charge is 0.348 e. The SMILES string of the molecule is Cc1ncc(CNC(=O)c2ccsc2)c([C@@H]2CCCN2C)n1. The summed E-state index contributed by atoms with van der Waals surface area (Å²) in [4.78, 5) is 23.4. The Morgan fingerprint density at radius 1 is 1.55 bits per heavy atom. The summed E-state index contributed by atoms with van der Waals surface area (Å²) in [5, 5.41) is 6.73. The first-order chi connectivity index (χ1) is 10.6. The number of carbonyl (C=O) groups is 1. The number of aromatic nitrogens is 2. The molecule has 3 rings (SSSR count). The van der Waals surface area contributed by atoms with Gasteiger partial charge in [0.05, 0.1) is 11.7 Å². The van der Waals surface area contributed by atoms with Crippen LogP contribution in [0, 0.1) is 6.92 Å². The van der Waals surface area contributed by atoms with Gasteiger partial charge in [-0.25, -0.2) is 9.97 Å². The normalized spacial score (nSPS) is 18.5. The Morgan fingerprint density at radius 2 is 2.41 bits per heavy atom. The Labute approximate surface area is 134 Å². The van der Waals surface area contributed by atoms with Crippen LogP contribution in [0.2, 0.25) is 0 Å². The molecular formula is C16H20N4OS. The third-order valence-corrected chi connectivity index (χ3v) is 4.76. The first-order valence-corrected chi connectivity index (χ1v) is 8.42. The van der Waals surface area contributed by atoms with E-state index in [1.54, 1.807) is 0 Å². The van der Waals surface area contributed by atoms with Gasteiger partial charge in [-0.05, 0) is 44.8 Å². The number of nitrogens with zero attached hydrogens (tertiary/aromatic N) is 3. The molecule has 0 aliphatic carbocycles. The lowest BCUT2D eigenvalue weighted by atomic mass is 10.1. The average molecular weight is 316 g/mol. The fourth-order valence-corrected chi connectivity index (χ4v) is 3.50. The van der Waals surface area contributed by atoms with E-state index in [1.165, 1.54) is 17.8 Å². The Kier molecular flexibility index (Phi) is 4.49. The minimum atomic E-state index is -0.0486. The van der Waals surface area contributed by atoms with Crippen molar-refractivity contribution < 1.29 is 4.79 Å². The van der Waals surface area contributed by atoms with Crippen LogP contribution in [-0.4, -0.2) is 34.4 Å². The van der Waals surface area contributed by atoms with E-state index in [0.29, 0.717) is 18.2 Å². The molecule has 1 atom stereocenters. The summed E-state index contributed by atoms with van der Waals surface area (Å²) >= 11 is 1.52. The van der Waals surface area contributed by atoms with Crippen molar-refractivity contribution in [2.24, 2.45) is 0 Å². The standard InChI is InChI=1S/C16H20N4OS/c1-11-17-8-13(9-18-16(21)12-5-7-22-10-12)15(19-11)14-4-3-6-20(14)2/h5,7-8,10,14H,3-4,6,9H2,1-2H3,(H,18,21)/t14-/m0/s1. The lowest BCUT2D eigenvalue weighted by Gasteiger charge is -2.21. The lowest BCUT2D eigenvalue weighted by molar-refractivity contribution is 0.0951. The Balaban J connectivity index is 1.77. The molecule has 0 unspecified atom stereocenters. The van der Waals surface area contributed by atoms with Gasteiger partial charge in [0.1, 0.15) is 5.82 Å². The molecule has 1 amide bonds. The smallest absolute Gasteiger partial charge is 0.252 e. The molecule has 5 nitrogen and oxygen atoms in total. The van der Waals surface area contributed by atoms with Gasteiger partial charge in [-0.1, -0.05) is 0 Å². The second-order valence-electron chi connectivity index (χ2n) is 5.66. The Bertz CT molecular complexity index is 656. The Morgan fingerprint density at radius 3 is 3.09 bits per heavy atom. The molecule has 1 N–H and O–H groups in total. The molecule has 116 valence electrons. The summed E-state index contributed by atoms with van der Waals surface area (Å²) < 4.78 is 0. The van der Waals surface area contributed by atoms with E-state index in [4.69, 9.17) is 0 Å². The van der Waals surface area contributed by atoms with E-state index < -0.39 is 0 Å². The topological polar surface area (TPSA) is 58.1 Å². The highest BCUT2D eigenvalue weighted by Crippen LogP contribution is 2.31. The van der Waals surface area contributed by atoms with Crippen molar-refractivity contribution in [1.82, 2.24) is 20.2 Å². The monoisotopic (exact) mass is 316 g/mol. The molecule has 0 spiro atoms. The van der Waals surface area contributed by atoms with Gasteiger partial charge in [-0.3, -0.25) is 9.69 Å². The first kappa shape index (κ1) is 15.1. The van der Waals surface area contributed by atoms with Gasteiger partial charge in [0.15, 0.2) is 0 Å². The molecular weight excluding hydrogens is 296 g/mol. The summed E-state index contributed by atoms with van der Waals surface area (Å²) in [5.41, 5.74) is 2.77. The maximum atomic E-state index is 12.1. The molecule has 2 aromatic rings. The number of hydrogen-bond acceptors (Lipinski definition) is 5. The van der Waals surface area contributed by atoms with Crippen LogP contribution in [0.1, 0.15) is 46.3 Å². The number of carbonyl (C=O) groups excluding carboxylic acids is 1. The third kappa shape index (κ3) is 3.18. The molecule has 1 saturated heterocycles. The second-order valence-corrected chi connectivity index (χ2v) is 6.44. The van der Waals surface area contributed by atoms with E-state index in [-0.39, 0.29) is 5.91 Å². The highest BCUT2D eigenvalue weighted by Gasteiger charge is 2.26. The quantitative estimate of drug-likeness (QED) is 0.942. The maximum Gasteiger partial charge on any atom is 0.252 e. The number of nitrogens with one attached hydrogen (secondary N) is 1. The summed E-state index contributed by atoms with van der Waals surface area (Å²) in [7, 11) is 2.13. The van der Waals surface area contributed by atoms with Crippen LogP contribution in [0.5, 0.6) is 0 Å². The zero-order chi connectivity index (χ0) is 15.5. The fraction of sp³-hybridized carbons (Fsp3) is 0.438. The lowest BCUT2D eigenvalue weighted by Crippen LogP contribution is -2.26. The minimum Gasteiger partial charge on any atom is -0.348 e. The van der Waals surface area contributed by atoms with Crippen LogP contribution < -0.4 is 5.32 Å². The summed E-state index contributed by atoms with van der Waals surface area (Å²) in [6.07, 6.45) is 4.14. The van der Waals surface area contributed by atoms with Crippen LogP contribution in [0.4, 0.5) is 0 Å². The zero-order valence-corrected chi connectivity index (χ0v) is 13.7. The number of likely N-dealkylation sites (tertiary alicyclic amines) is 1. The van der Waals surface area contributed by atoms with E-state index in [0.717, 1.165) is 30.0 Å². The van der Waals surface area contributed by atoms with Gasteiger partial charge in [0, 0.05) is 29.2 Å². The van der Waals surface area contributed by atoms with Gasteiger partial charge in [0.25, 0.3) is 5.91 Å². The highest BCUT2D eigenvalue weighted by molar-refractivity contribution is 7.08. The molecule has 0 radical (unpaired) electrons. The van der Waals surface area contributed by atoms with E-state index in [1.807, 2.05) is 29.9 Å². The molecule has 2 aromatic heterocycles. The average Bonchev–Trinajstić information content (AvgIpc) is 3.17. The summed E-state index contributed by atoms with van der Waals surface area (Å²) in [6.45, 7) is 3.47. The van der Waals surface area contributed by atoms with Gasteiger partial charge in [-0.15, -0.1) is 0 Å². The van der Waals surface area contributed by atoms with Crippen molar-refractivity contribution in [3.05, 3.63) is 45.7 Å². The van der Waals surface area contributed by atoms with Crippen LogP contribution >= 0.6 is 11.3 Å². The van der Waals surface area contributed by atoms with Crippen molar-refractivity contribution in [2.75, 3.05) is 13.6 Å². The minimum absolute atomic E-state index is 0.0486. The Hall–Kier alpha value is -1.79. The van der Waals surface area contributed by atoms with Gasteiger partial charge < -0.3 is 5.32 Å². The highest BCUT2D eigenvalue weighted by atomic mass is 32.1. The predicted molar refractivity (Wildman–Crippen MR) is 86.9 cm³/mol. The molecule has 0 aromatic carbocycles. The van der Waals surface area contributed by atoms with Crippen LogP contribution in [0.15, 0.2) is 23.0 Å². The fourth-order valence-electron chi connectivity index (χ4n) is 2.86. The van der Waals surface area contributed by atoms with E-state index in [9.17, 15) is 4.79 Å². The molecule has 6 heteroatoms. The number of amides is 1. The number of thiophene rings is 1. The van der Waals surface area contributed by atoms with Crippen LogP contribution in [0.3, 0.4) is 0 Å². The molecule has 3 heterocycles. The van der Waals surface area contributed by atoms with Gasteiger partial charge in [0.2, 0.25) is 0 Å². The number of aryl methyl sites for hydroxylation is 1. The summed E-state index contributed by atoms with van der Waals surface area (Å²) in [5.74, 6) is 0.732. The van der Waals surface area contributed by atoms with E-state index >= 15 is 0 Å². The van der Waals surface area contributed by atoms with Crippen LogP contribution in [0.25, 0.3) is 0 Å². The molecule has 0 bridgehead atoms.